The van der Waals surface area contributed by atoms with Crippen molar-refractivity contribution in [3.8, 4) is 5.75 Å². The number of primary sulfonamides is 1. The summed E-state index contributed by atoms with van der Waals surface area (Å²) in [7, 11) is -3.69. The van der Waals surface area contributed by atoms with Gasteiger partial charge in [0.15, 0.2) is 0 Å². The lowest BCUT2D eigenvalue weighted by molar-refractivity contribution is 0.0817. The molecule has 0 aliphatic heterocycles. The van der Waals surface area contributed by atoms with Crippen LogP contribution in [0.4, 0.5) is 0 Å². The molecule has 20 heavy (non-hydrogen) atoms. The highest BCUT2D eigenvalue weighted by Crippen LogP contribution is 2.25. The van der Waals surface area contributed by atoms with Crippen LogP contribution in [0.25, 0.3) is 0 Å². The predicted molar refractivity (Wildman–Crippen MR) is 78.4 cm³/mol. The zero-order chi connectivity index (χ0) is 15.3. The van der Waals surface area contributed by atoms with E-state index in [1.807, 2.05) is 0 Å². The van der Waals surface area contributed by atoms with Crippen molar-refractivity contribution in [3.05, 3.63) is 23.3 Å². The molecular weight excluding hydrogens is 278 g/mol. The minimum Gasteiger partial charge on any atom is -0.491 e. The van der Waals surface area contributed by atoms with Crippen LogP contribution < -0.4 is 9.88 Å². The average Bonchev–Trinajstić information content (AvgIpc) is 2.30. The molecule has 6 heteroatoms. The van der Waals surface area contributed by atoms with E-state index in [-0.39, 0.29) is 4.90 Å². The van der Waals surface area contributed by atoms with Gasteiger partial charge in [-0.15, -0.1) is 0 Å². The highest BCUT2D eigenvalue weighted by atomic mass is 32.2. The molecule has 0 bridgehead atoms. The van der Waals surface area contributed by atoms with Crippen LogP contribution in [0.3, 0.4) is 0 Å². The molecule has 0 unspecified atom stereocenters. The highest BCUT2D eigenvalue weighted by Gasteiger charge is 2.14. The van der Waals surface area contributed by atoms with Crippen molar-refractivity contribution < 1.29 is 17.9 Å². The van der Waals surface area contributed by atoms with E-state index in [2.05, 4.69) is 13.8 Å². The number of hydrogen-bond acceptors (Lipinski definition) is 4. The Hall–Kier alpha value is -1.11. The molecule has 0 aromatic heterocycles. The number of nitrogens with two attached hydrogens (primary N) is 1. The summed E-state index contributed by atoms with van der Waals surface area (Å²) < 4.78 is 33.8. The standard InChI is InChI=1S/C14H23NO4S/c1-10(2)9-18-5-6-19-13-7-12(4)14(8-11(13)3)20(15,16)17/h7-8,10H,5-6,9H2,1-4H3,(H2,15,16,17). The Bertz CT molecular complexity index is 553. The minimum atomic E-state index is -3.69. The lowest BCUT2D eigenvalue weighted by atomic mass is 10.1. The number of benzene rings is 1. The molecule has 5 nitrogen and oxygen atoms in total. The normalized spacial score (nSPS) is 11.9. The minimum absolute atomic E-state index is 0.137. The maximum absolute atomic E-state index is 11.4. The maximum Gasteiger partial charge on any atom is 0.238 e. The van der Waals surface area contributed by atoms with Gasteiger partial charge in [-0.25, -0.2) is 13.6 Å². The molecule has 0 fully saturated rings. The van der Waals surface area contributed by atoms with E-state index in [0.29, 0.717) is 37.1 Å². The SMILES string of the molecule is Cc1cc(S(N)(=O)=O)c(C)cc1OCCOCC(C)C. The molecule has 0 heterocycles. The van der Waals surface area contributed by atoms with Gasteiger partial charge in [0.25, 0.3) is 0 Å². The fourth-order valence-electron chi connectivity index (χ4n) is 1.75. The summed E-state index contributed by atoms with van der Waals surface area (Å²) in [5.41, 5.74) is 1.32. The number of ether oxygens (including phenoxy) is 2. The Morgan fingerprint density at radius 1 is 1.15 bits per heavy atom. The van der Waals surface area contributed by atoms with Gasteiger partial charge >= 0.3 is 0 Å². The summed E-state index contributed by atoms with van der Waals surface area (Å²) in [6, 6.07) is 3.23. The third kappa shape index (κ3) is 5.11. The van der Waals surface area contributed by atoms with Gasteiger partial charge in [0, 0.05) is 6.61 Å². The van der Waals surface area contributed by atoms with Gasteiger partial charge in [0.1, 0.15) is 12.4 Å². The molecule has 0 atom stereocenters. The van der Waals surface area contributed by atoms with E-state index in [9.17, 15) is 8.42 Å². The first-order valence-corrected chi connectivity index (χ1v) is 8.11. The van der Waals surface area contributed by atoms with E-state index in [1.54, 1.807) is 19.9 Å². The quantitative estimate of drug-likeness (QED) is 0.781. The average molecular weight is 301 g/mol. The summed E-state index contributed by atoms with van der Waals surface area (Å²) in [5, 5.41) is 5.16. The van der Waals surface area contributed by atoms with Crippen molar-refractivity contribution in [1.82, 2.24) is 0 Å². The van der Waals surface area contributed by atoms with Crippen LogP contribution in [-0.2, 0) is 14.8 Å². The molecule has 2 N–H and O–H groups in total. The number of hydrogen-bond donors (Lipinski definition) is 1. The summed E-state index contributed by atoms with van der Waals surface area (Å²) >= 11 is 0. The van der Waals surface area contributed by atoms with Gasteiger partial charge in [0.2, 0.25) is 10.0 Å². The van der Waals surface area contributed by atoms with E-state index < -0.39 is 10.0 Å². The monoisotopic (exact) mass is 301 g/mol. The van der Waals surface area contributed by atoms with E-state index >= 15 is 0 Å². The molecule has 0 aliphatic carbocycles. The number of aryl methyl sites for hydroxylation is 2. The third-order valence-electron chi connectivity index (χ3n) is 2.72. The van der Waals surface area contributed by atoms with Crippen LogP contribution in [0.15, 0.2) is 17.0 Å². The lowest BCUT2D eigenvalue weighted by Gasteiger charge is -2.13. The van der Waals surface area contributed by atoms with Crippen LogP contribution in [0.2, 0.25) is 0 Å². The summed E-state index contributed by atoms with van der Waals surface area (Å²) in [6.07, 6.45) is 0. The zero-order valence-corrected chi connectivity index (χ0v) is 13.3. The second kappa shape index (κ2) is 7.06. The van der Waals surface area contributed by atoms with Crippen molar-refractivity contribution in [3.63, 3.8) is 0 Å². The fourth-order valence-corrected chi connectivity index (χ4v) is 2.60. The first kappa shape index (κ1) is 16.9. The topological polar surface area (TPSA) is 78.6 Å². The number of rotatable bonds is 7. The fraction of sp³-hybridized carbons (Fsp3) is 0.571. The maximum atomic E-state index is 11.4. The van der Waals surface area contributed by atoms with Gasteiger partial charge in [-0.05, 0) is 43.0 Å². The van der Waals surface area contributed by atoms with Crippen LogP contribution in [-0.4, -0.2) is 28.2 Å². The second-order valence-corrected chi connectivity index (χ2v) is 6.78. The van der Waals surface area contributed by atoms with Crippen LogP contribution in [0, 0.1) is 19.8 Å². The van der Waals surface area contributed by atoms with Gasteiger partial charge in [-0.3, -0.25) is 0 Å². The Morgan fingerprint density at radius 2 is 1.80 bits per heavy atom. The molecule has 1 aromatic rings. The van der Waals surface area contributed by atoms with E-state index in [0.717, 1.165) is 5.56 Å². The Labute approximate surface area is 121 Å². The second-order valence-electron chi connectivity index (χ2n) is 5.25. The van der Waals surface area contributed by atoms with Crippen molar-refractivity contribution in [2.24, 2.45) is 11.1 Å². The first-order valence-electron chi connectivity index (χ1n) is 6.56. The molecule has 0 radical (unpaired) electrons. The van der Waals surface area contributed by atoms with Gasteiger partial charge < -0.3 is 9.47 Å². The van der Waals surface area contributed by atoms with Gasteiger partial charge in [0.05, 0.1) is 11.5 Å². The largest absolute Gasteiger partial charge is 0.491 e. The Balaban J connectivity index is 2.67. The summed E-state index contributed by atoms with van der Waals surface area (Å²) in [4.78, 5) is 0.137. The van der Waals surface area contributed by atoms with E-state index in [4.69, 9.17) is 14.6 Å². The van der Waals surface area contributed by atoms with Crippen molar-refractivity contribution in [2.75, 3.05) is 19.8 Å². The third-order valence-corrected chi connectivity index (χ3v) is 3.77. The molecule has 114 valence electrons. The zero-order valence-electron chi connectivity index (χ0n) is 12.5. The predicted octanol–water partition coefficient (Wildman–Crippen LogP) is 2.00. The number of sulfonamides is 1. The van der Waals surface area contributed by atoms with Crippen LogP contribution in [0.5, 0.6) is 5.75 Å². The lowest BCUT2D eigenvalue weighted by Crippen LogP contribution is -2.15. The first-order chi connectivity index (χ1) is 9.21. The smallest absolute Gasteiger partial charge is 0.238 e. The van der Waals surface area contributed by atoms with E-state index in [1.165, 1.54) is 6.07 Å². The molecule has 0 saturated carbocycles. The molecule has 0 aliphatic rings. The molecular formula is C14H23NO4S. The summed E-state index contributed by atoms with van der Waals surface area (Å²) in [6.45, 7) is 9.29. The molecule has 0 saturated heterocycles. The van der Waals surface area contributed by atoms with Crippen LogP contribution in [0.1, 0.15) is 25.0 Å². The van der Waals surface area contributed by atoms with Crippen molar-refractivity contribution in [1.29, 1.82) is 0 Å². The van der Waals surface area contributed by atoms with Gasteiger partial charge in [-0.1, -0.05) is 13.8 Å². The summed E-state index contributed by atoms with van der Waals surface area (Å²) in [5.74, 6) is 1.15. The molecule has 1 aromatic carbocycles. The van der Waals surface area contributed by atoms with Crippen LogP contribution >= 0.6 is 0 Å². The van der Waals surface area contributed by atoms with Crippen molar-refractivity contribution in [2.45, 2.75) is 32.6 Å². The highest BCUT2D eigenvalue weighted by molar-refractivity contribution is 7.89. The molecule has 0 amide bonds. The Kier molecular flexibility index (Phi) is 5.98. The molecule has 0 spiro atoms. The molecule has 1 rings (SSSR count). The van der Waals surface area contributed by atoms with Crippen molar-refractivity contribution >= 4 is 10.0 Å². The van der Waals surface area contributed by atoms with Gasteiger partial charge in [-0.2, -0.15) is 0 Å². The Morgan fingerprint density at radius 3 is 2.35 bits per heavy atom.